The molecule has 0 aromatic rings. The third-order valence-electron chi connectivity index (χ3n) is 5.39. The smallest absolute Gasteiger partial charge is 0.117 e. The molecule has 0 aromatic carbocycles. The number of aliphatic hydroxyl groups excluding tert-OH is 1. The van der Waals surface area contributed by atoms with Gasteiger partial charge in [-0.25, -0.2) is 0 Å². The SMILES string of the molecule is C=C1CCC[C@@]2(C)CC[C@@H](C(C)(C)O)[C@@H](O)[C@@]12O. The first-order chi connectivity index (χ1) is 8.13. The zero-order chi connectivity index (χ0) is 13.8. The summed E-state index contributed by atoms with van der Waals surface area (Å²) in [5, 5.41) is 31.9. The molecule has 0 saturated heterocycles. The van der Waals surface area contributed by atoms with E-state index in [1.54, 1.807) is 13.8 Å². The maximum absolute atomic E-state index is 11.1. The standard InChI is InChI=1S/C15H26O3/c1-10-6-5-8-14(4)9-7-11(13(2,3)17)12(16)15(10,14)18/h11-12,16-18H,1,5-9H2,2-4H3/t11-,12-,14+,15+/m1/s1. The minimum absolute atomic E-state index is 0.301. The van der Waals surface area contributed by atoms with Crippen LogP contribution in [-0.2, 0) is 0 Å². The van der Waals surface area contributed by atoms with E-state index in [0.717, 1.165) is 37.7 Å². The van der Waals surface area contributed by atoms with Crippen LogP contribution in [0.2, 0.25) is 0 Å². The van der Waals surface area contributed by atoms with Gasteiger partial charge < -0.3 is 15.3 Å². The van der Waals surface area contributed by atoms with Crippen molar-refractivity contribution in [3.63, 3.8) is 0 Å². The normalized spacial score (nSPS) is 45.8. The molecule has 18 heavy (non-hydrogen) atoms. The summed E-state index contributed by atoms with van der Waals surface area (Å²) in [5.74, 6) is -0.301. The molecule has 0 spiro atoms. The molecular weight excluding hydrogens is 228 g/mol. The first kappa shape index (κ1) is 14.0. The summed E-state index contributed by atoms with van der Waals surface area (Å²) in [7, 11) is 0. The summed E-state index contributed by atoms with van der Waals surface area (Å²) >= 11 is 0. The summed E-state index contributed by atoms with van der Waals surface area (Å²) in [4.78, 5) is 0. The zero-order valence-electron chi connectivity index (χ0n) is 11.7. The van der Waals surface area contributed by atoms with Gasteiger partial charge in [0.15, 0.2) is 0 Å². The molecule has 0 unspecified atom stereocenters. The van der Waals surface area contributed by atoms with Crippen molar-refractivity contribution in [2.75, 3.05) is 0 Å². The summed E-state index contributed by atoms with van der Waals surface area (Å²) in [5.41, 5.74) is -1.79. The van der Waals surface area contributed by atoms with Crippen LogP contribution in [0.3, 0.4) is 0 Å². The van der Waals surface area contributed by atoms with Gasteiger partial charge in [-0.05, 0) is 51.5 Å². The highest BCUT2D eigenvalue weighted by Crippen LogP contribution is 2.57. The molecule has 3 heteroatoms. The van der Waals surface area contributed by atoms with Crippen LogP contribution >= 0.6 is 0 Å². The Bertz CT molecular complexity index is 357. The van der Waals surface area contributed by atoms with Gasteiger partial charge in [0.25, 0.3) is 0 Å². The molecule has 3 nitrogen and oxygen atoms in total. The van der Waals surface area contributed by atoms with Crippen LogP contribution < -0.4 is 0 Å². The van der Waals surface area contributed by atoms with Crippen molar-refractivity contribution in [3.8, 4) is 0 Å². The fourth-order valence-electron chi connectivity index (χ4n) is 4.04. The van der Waals surface area contributed by atoms with Crippen molar-refractivity contribution in [2.24, 2.45) is 11.3 Å². The van der Waals surface area contributed by atoms with Gasteiger partial charge in [0.1, 0.15) is 5.60 Å². The Morgan fingerprint density at radius 3 is 2.50 bits per heavy atom. The lowest BCUT2D eigenvalue weighted by atomic mass is 9.51. The molecule has 0 aliphatic heterocycles. The second kappa shape index (κ2) is 4.06. The zero-order valence-corrected chi connectivity index (χ0v) is 11.7. The minimum Gasteiger partial charge on any atom is -0.390 e. The highest BCUT2D eigenvalue weighted by Gasteiger charge is 2.61. The quantitative estimate of drug-likeness (QED) is 0.627. The first-order valence-corrected chi connectivity index (χ1v) is 6.94. The van der Waals surface area contributed by atoms with Gasteiger partial charge in [0.2, 0.25) is 0 Å². The van der Waals surface area contributed by atoms with Crippen LogP contribution in [0.15, 0.2) is 12.2 Å². The number of hydrogen-bond donors (Lipinski definition) is 3. The van der Waals surface area contributed by atoms with Gasteiger partial charge >= 0.3 is 0 Å². The lowest BCUT2D eigenvalue weighted by Gasteiger charge is -2.59. The number of fused-ring (bicyclic) bond motifs is 1. The predicted molar refractivity (Wildman–Crippen MR) is 71.1 cm³/mol. The number of rotatable bonds is 1. The van der Waals surface area contributed by atoms with Crippen molar-refractivity contribution in [1.82, 2.24) is 0 Å². The molecule has 4 atom stereocenters. The van der Waals surface area contributed by atoms with Gasteiger partial charge in [-0.15, -0.1) is 0 Å². The first-order valence-electron chi connectivity index (χ1n) is 6.94. The van der Waals surface area contributed by atoms with Gasteiger partial charge in [-0.3, -0.25) is 0 Å². The van der Waals surface area contributed by atoms with Gasteiger partial charge in [0.05, 0.1) is 11.7 Å². The molecule has 2 aliphatic carbocycles. The topological polar surface area (TPSA) is 60.7 Å². The van der Waals surface area contributed by atoms with E-state index in [0.29, 0.717) is 0 Å². The van der Waals surface area contributed by atoms with Gasteiger partial charge in [0, 0.05) is 11.3 Å². The van der Waals surface area contributed by atoms with E-state index in [-0.39, 0.29) is 11.3 Å². The molecule has 0 bridgehead atoms. The number of aliphatic hydroxyl groups is 3. The van der Waals surface area contributed by atoms with Crippen molar-refractivity contribution in [2.45, 2.75) is 70.2 Å². The van der Waals surface area contributed by atoms with Crippen LogP contribution in [0, 0.1) is 11.3 Å². The lowest BCUT2D eigenvalue weighted by Crippen LogP contribution is -2.65. The van der Waals surface area contributed by atoms with E-state index in [9.17, 15) is 15.3 Å². The van der Waals surface area contributed by atoms with Crippen molar-refractivity contribution >= 4 is 0 Å². The Kier molecular flexibility index (Phi) is 3.16. The van der Waals surface area contributed by atoms with Crippen LogP contribution in [0.5, 0.6) is 0 Å². The van der Waals surface area contributed by atoms with Crippen LogP contribution in [0.25, 0.3) is 0 Å². The molecule has 0 radical (unpaired) electrons. The molecule has 0 aromatic heterocycles. The fourth-order valence-corrected chi connectivity index (χ4v) is 4.04. The highest BCUT2D eigenvalue weighted by molar-refractivity contribution is 5.27. The summed E-state index contributed by atoms with van der Waals surface area (Å²) in [6, 6.07) is 0. The van der Waals surface area contributed by atoms with E-state index < -0.39 is 17.3 Å². The second-order valence-electron chi connectivity index (χ2n) is 7.03. The summed E-state index contributed by atoms with van der Waals surface area (Å²) < 4.78 is 0. The molecule has 0 amide bonds. The molecule has 3 N–H and O–H groups in total. The van der Waals surface area contributed by atoms with E-state index in [1.807, 2.05) is 6.92 Å². The second-order valence-corrected chi connectivity index (χ2v) is 7.03. The van der Waals surface area contributed by atoms with E-state index >= 15 is 0 Å². The Morgan fingerprint density at radius 2 is 1.94 bits per heavy atom. The maximum Gasteiger partial charge on any atom is 0.117 e. The van der Waals surface area contributed by atoms with Crippen LogP contribution in [0.1, 0.15) is 52.9 Å². The Hall–Kier alpha value is -0.380. The minimum atomic E-state index is -1.24. The molecule has 2 fully saturated rings. The van der Waals surface area contributed by atoms with Crippen LogP contribution in [-0.4, -0.2) is 32.6 Å². The maximum atomic E-state index is 11.1. The van der Waals surface area contributed by atoms with Crippen LogP contribution in [0.4, 0.5) is 0 Å². The Morgan fingerprint density at radius 1 is 1.33 bits per heavy atom. The average molecular weight is 254 g/mol. The highest BCUT2D eigenvalue weighted by atomic mass is 16.3. The Balaban J connectivity index is 2.40. The molecule has 2 aliphatic rings. The summed E-state index contributed by atoms with van der Waals surface area (Å²) in [6.07, 6.45) is 3.35. The molecular formula is C15H26O3. The largest absolute Gasteiger partial charge is 0.390 e. The summed E-state index contributed by atoms with van der Waals surface area (Å²) in [6.45, 7) is 9.45. The van der Waals surface area contributed by atoms with Crippen molar-refractivity contribution < 1.29 is 15.3 Å². The van der Waals surface area contributed by atoms with E-state index in [2.05, 4.69) is 6.58 Å². The van der Waals surface area contributed by atoms with E-state index in [4.69, 9.17) is 0 Å². The predicted octanol–water partition coefficient (Wildman–Crippen LogP) is 2.01. The number of hydrogen-bond acceptors (Lipinski definition) is 3. The average Bonchev–Trinajstić information content (AvgIpc) is 2.22. The fraction of sp³-hybridized carbons (Fsp3) is 0.867. The molecule has 0 heterocycles. The van der Waals surface area contributed by atoms with Crippen molar-refractivity contribution in [3.05, 3.63) is 12.2 Å². The van der Waals surface area contributed by atoms with Crippen molar-refractivity contribution in [1.29, 1.82) is 0 Å². The third kappa shape index (κ3) is 1.75. The lowest BCUT2D eigenvalue weighted by molar-refractivity contribution is -0.213. The molecule has 104 valence electrons. The van der Waals surface area contributed by atoms with Gasteiger partial charge in [-0.1, -0.05) is 13.5 Å². The van der Waals surface area contributed by atoms with E-state index in [1.165, 1.54) is 0 Å². The third-order valence-corrected chi connectivity index (χ3v) is 5.39. The molecule has 2 saturated carbocycles. The molecule has 2 rings (SSSR count). The Labute approximate surface area is 110 Å². The monoisotopic (exact) mass is 254 g/mol. The van der Waals surface area contributed by atoms with Gasteiger partial charge in [-0.2, -0.15) is 0 Å².